The summed E-state index contributed by atoms with van der Waals surface area (Å²) in [5.74, 6) is -1.02. The zero-order valence-corrected chi connectivity index (χ0v) is 38.0. The van der Waals surface area contributed by atoms with E-state index in [0.717, 1.165) is 111 Å². The summed E-state index contributed by atoms with van der Waals surface area (Å²) in [6.45, 7) is 8.37. The molecule has 6 saturated heterocycles. The molecule has 2 N–H and O–H groups in total. The standard InChI is InChI=1S/2C26H30FN3O3/c2*1-28-24(31)20-3-2-18-8-12-30(23(22(18)16-20)19-4-6-21(27)7-5-19)25(32)33-17-26-9-13-29(14-10-26)15-11-26/h2*2-7,16,23H,8-15,17H2,1H3,(H,28,31)/t2*23-/m10/s1. The van der Waals surface area contributed by atoms with Crippen LogP contribution >= 0.6 is 0 Å². The van der Waals surface area contributed by atoms with Crippen molar-refractivity contribution in [3.05, 3.63) is 141 Å². The number of nitrogens with one attached hydrogen (secondary N) is 2. The highest BCUT2D eigenvalue weighted by Gasteiger charge is 2.43. The minimum atomic E-state index is -0.433. The van der Waals surface area contributed by atoms with Crippen LogP contribution in [-0.4, -0.2) is 123 Å². The minimum Gasteiger partial charge on any atom is -0.449 e. The quantitative estimate of drug-likeness (QED) is 0.186. The van der Waals surface area contributed by atoms with E-state index in [9.17, 15) is 28.0 Å². The van der Waals surface area contributed by atoms with Gasteiger partial charge in [-0.05, 0) is 173 Å². The van der Waals surface area contributed by atoms with Gasteiger partial charge in [0.2, 0.25) is 0 Å². The molecular formula is C52H60F2N6O6. The molecule has 4 amide bonds. The smallest absolute Gasteiger partial charge is 0.410 e. The van der Waals surface area contributed by atoms with Gasteiger partial charge in [-0.1, -0.05) is 36.4 Å². The Bertz CT molecular complexity index is 2240. The Hall–Kier alpha value is -5.86. The average Bonchev–Trinajstić information content (AvgIpc) is 3.37. The van der Waals surface area contributed by atoms with E-state index in [2.05, 4.69) is 20.4 Å². The summed E-state index contributed by atoms with van der Waals surface area (Å²) < 4.78 is 39.2. The van der Waals surface area contributed by atoms with E-state index in [0.29, 0.717) is 50.3 Å². The number of carbonyl (C=O) groups excluding carboxylic acids is 4. The van der Waals surface area contributed by atoms with Crippen LogP contribution in [0.1, 0.15) is 105 Å². The number of nitrogens with zero attached hydrogens (tertiary/aromatic N) is 4. The number of rotatable bonds is 8. The first-order chi connectivity index (χ1) is 32.0. The molecule has 0 saturated carbocycles. The van der Waals surface area contributed by atoms with Gasteiger partial charge in [0.25, 0.3) is 11.8 Å². The Morgan fingerprint density at radius 2 is 0.879 bits per heavy atom. The average molecular weight is 903 g/mol. The number of amides is 4. The Kier molecular flexibility index (Phi) is 13.2. The van der Waals surface area contributed by atoms with Crippen LogP contribution in [0.15, 0.2) is 84.9 Å². The second kappa shape index (κ2) is 19.2. The lowest BCUT2D eigenvalue weighted by atomic mass is 9.73. The van der Waals surface area contributed by atoms with Crippen LogP contribution in [0.3, 0.4) is 0 Å². The number of benzene rings is 4. The summed E-state index contributed by atoms with van der Waals surface area (Å²) in [6, 6.07) is 22.8. The van der Waals surface area contributed by atoms with Gasteiger partial charge in [0.15, 0.2) is 0 Å². The van der Waals surface area contributed by atoms with Crippen molar-refractivity contribution in [2.45, 2.75) is 63.5 Å². The van der Waals surface area contributed by atoms with Crippen molar-refractivity contribution in [3.8, 4) is 0 Å². The largest absolute Gasteiger partial charge is 0.449 e. The molecule has 12 nitrogen and oxygen atoms in total. The van der Waals surface area contributed by atoms with Crippen molar-refractivity contribution in [1.82, 2.24) is 30.2 Å². The predicted molar refractivity (Wildman–Crippen MR) is 245 cm³/mol. The molecule has 4 aromatic rings. The summed E-state index contributed by atoms with van der Waals surface area (Å²) in [4.78, 5) is 59.8. The molecule has 0 aromatic heterocycles. The SMILES string of the molecule is CNC(=O)c1ccc2c(c1)[C@@H](c1ccc(F)cc1)N(C(=O)OCC13CCN(CC1)CC3)CC2.CNC(=O)c1ccc2c(c1)[C@H](c1ccc(F)cc1)N(C(=O)OCC13CCN(CC1)CC3)CC2. The molecule has 8 heterocycles. The Morgan fingerprint density at radius 3 is 1.21 bits per heavy atom. The molecule has 0 unspecified atom stereocenters. The number of piperidine rings is 6. The van der Waals surface area contributed by atoms with Crippen LogP contribution in [0, 0.1) is 22.5 Å². The zero-order valence-electron chi connectivity index (χ0n) is 38.0. The normalized spacial score (nSPS) is 25.9. The summed E-state index contributed by atoms with van der Waals surface area (Å²) >= 11 is 0. The lowest BCUT2D eigenvalue weighted by Gasteiger charge is -2.48. The van der Waals surface area contributed by atoms with Crippen molar-refractivity contribution in [1.29, 1.82) is 0 Å². The van der Waals surface area contributed by atoms with Crippen LogP contribution in [0.4, 0.5) is 18.4 Å². The maximum Gasteiger partial charge on any atom is 0.410 e. The van der Waals surface area contributed by atoms with Gasteiger partial charge < -0.3 is 29.9 Å². The summed E-state index contributed by atoms with van der Waals surface area (Å²) in [6.07, 6.45) is 7.08. The van der Waals surface area contributed by atoms with Gasteiger partial charge in [-0.3, -0.25) is 19.4 Å². The van der Waals surface area contributed by atoms with Gasteiger partial charge in [0, 0.05) is 49.1 Å². The van der Waals surface area contributed by atoms with Crippen molar-refractivity contribution in [2.24, 2.45) is 10.8 Å². The van der Waals surface area contributed by atoms with E-state index in [4.69, 9.17) is 9.47 Å². The minimum absolute atomic E-state index is 0.0931. The molecule has 2 atom stereocenters. The number of halogens is 2. The third-order valence-electron chi connectivity index (χ3n) is 15.3. The monoisotopic (exact) mass is 902 g/mol. The first-order valence-corrected chi connectivity index (χ1v) is 23.5. The first-order valence-electron chi connectivity index (χ1n) is 23.5. The summed E-state index contributed by atoms with van der Waals surface area (Å²) in [5, 5.41) is 5.32. The first kappa shape index (κ1) is 45.3. The second-order valence-corrected chi connectivity index (χ2v) is 19.1. The number of ether oxygens (including phenoxy) is 2. The molecule has 348 valence electrons. The third-order valence-corrected chi connectivity index (χ3v) is 15.3. The molecule has 4 bridgehead atoms. The summed E-state index contributed by atoms with van der Waals surface area (Å²) in [7, 11) is 3.19. The van der Waals surface area contributed by atoms with Gasteiger partial charge in [0.1, 0.15) is 11.6 Å². The van der Waals surface area contributed by atoms with Crippen LogP contribution in [0.2, 0.25) is 0 Å². The van der Waals surface area contributed by atoms with Crippen molar-refractivity contribution in [2.75, 3.05) is 79.7 Å². The molecule has 0 spiro atoms. The molecule has 6 fully saturated rings. The van der Waals surface area contributed by atoms with Crippen LogP contribution in [-0.2, 0) is 22.3 Å². The van der Waals surface area contributed by atoms with E-state index in [1.54, 1.807) is 48.2 Å². The topological polar surface area (TPSA) is 124 Å². The molecule has 4 aromatic carbocycles. The number of carbonyl (C=O) groups is 4. The van der Waals surface area contributed by atoms with Crippen molar-refractivity contribution < 1.29 is 37.4 Å². The molecule has 14 heteroatoms. The second-order valence-electron chi connectivity index (χ2n) is 19.1. The van der Waals surface area contributed by atoms with Crippen LogP contribution < -0.4 is 10.6 Å². The molecule has 8 aliphatic rings. The molecule has 66 heavy (non-hydrogen) atoms. The van der Waals surface area contributed by atoms with Gasteiger partial charge in [0.05, 0.1) is 25.3 Å². The van der Waals surface area contributed by atoms with E-state index >= 15 is 0 Å². The van der Waals surface area contributed by atoms with Crippen molar-refractivity contribution in [3.63, 3.8) is 0 Å². The molecule has 0 aliphatic carbocycles. The van der Waals surface area contributed by atoms with Gasteiger partial charge >= 0.3 is 12.2 Å². The number of hydrogen-bond donors (Lipinski definition) is 2. The van der Waals surface area contributed by atoms with Gasteiger partial charge in [-0.25, -0.2) is 18.4 Å². The fourth-order valence-corrected chi connectivity index (χ4v) is 11.0. The van der Waals surface area contributed by atoms with E-state index in [1.807, 2.05) is 36.4 Å². The fraction of sp³-hybridized carbons (Fsp3) is 0.462. The molecular weight excluding hydrogens is 843 g/mol. The maximum absolute atomic E-state index is 13.7. The molecule has 8 aliphatic heterocycles. The van der Waals surface area contributed by atoms with Crippen LogP contribution in [0.25, 0.3) is 0 Å². The van der Waals surface area contributed by atoms with Gasteiger partial charge in [-0.2, -0.15) is 0 Å². The molecule has 12 rings (SSSR count). The number of fused-ring (bicyclic) bond motifs is 8. The highest BCUT2D eigenvalue weighted by atomic mass is 19.1. The fourth-order valence-electron chi connectivity index (χ4n) is 11.0. The third kappa shape index (κ3) is 9.40. The lowest BCUT2D eigenvalue weighted by Crippen LogP contribution is -2.51. The van der Waals surface area contributed by atoms with E-state index < -0.39 is 12.1 Å². The van der Waals surface area contributed by atoms with Crippen LogP contribution in [0.5, 0.6) is 0 Å². The Labute approximate surface area is 385 Å². The van der Waals surface area contributed by atoms with E-state index in [1.165, 1.54) is 24.3 Å². The number of hydrogen-bond acceptors (Lipinski definition) is 8. The highest BCUT2D eigenvalue weighted by Crippen LogP contribution is 2.43. The predicted octanol–water partition coefficient (Wildman–Crippen LogP) is 7.51. The maximum atomic E-state index is 13.7. The lowest BCUT2D eigenvalue weighted by molar-refractivity contribution is -0.0301. The Morgan fingerprint density at radius 1 is 0.530 bits per heavy atom. The van der Waals surface area contributed by atoms with Crippen molar-refractivity contribution >= 4 is 24.0 Å². The van der Waals surface area contributed by atoms with Gasteiger partial charge in [-0.15, -0.1) is 0 Å². The van der Waals surface area contributed by atoms with E-state index in [-0.39, 0.29) is 46.5 Å². The zero-order chi connectivity index (χ0) is 46.0. The highest BCUT2D eigenvalue weighted by molar-refractivity contribution is 5.95. The molecule has 0 radical (unpaired) electrons. The summed E-state index contributed by atoms with van der Waals surface area (Å²) in [5.41, 5.74) is 6.78. The Balaban J connectivity index is 0.000000166.